The van der Waals surface area contributed by atoms with Gasteiger partial charge in [0, 0.05) is 17.3 Å². The monoisotopic (exact) mass is 318 g/mol. The first-order valence-electron chi connectivity index (χ1n) is 7.03. The van der Waals surface area contributed by atoms with Crippen LogP contribution in [0.5, 0.6) is 5.75 Å². The van der Waals surface area contributed by atoms with E-state index in [2.05, 4.69) is 10.6 Å². The molecule has 0 radical (unpaired) electrons. The molecular weight excluding hydrogens is 300 g/mol. The van der Waals surface area contributed by atoms with Gasteiger partial charge >= 0.3 is 6.03 Å². The fourth-order valence-corrected chi connectivity index (χ4v) is 2.20. The van der Waals surface area contributed by atoms with Gasteiger partial charge in [-0.2, -0.15) is 0 Å². The predicted molar refractivity (Wildman–Crippen MR) is 89.9 cm³/mol. The molecule has 0 aromatic heterocycles. The van der Waals surface area contributed by atoms with Gasteiger partial charge in [-0.15, -0.1) is 0 Å². The Kier molecular flexibility index (Phi) is 5.67. The zero-order valence-electron chi connectivity index (χ0n) is 12.7. The van der Waals surface area contributed by atoms with Crippen molar-refractivity contribution < 1.29 is 9.53 Å². The molecule has 0 heterocycles. The first-order valence-corrected chi connectivity index (χ1v) is 7.41. The molecule has 0 unspecified atom stereocenters. The Morgan fingerprint density at radius 1 is 1.18 bits per heavy atom. The fraction of sp³-hybridized carbons (Fsp3) is 0.235. The van der Waals surface area contributed by atoms with E-state index in [4.69, 9.17) is 16.3 Å². The van der Waals surface area contributed by atoms with E-state index in [0.717, 1.165) is 29.0 Å². The third kappa shape index (κ3) is 4.40. The number of ether oxygens (including phenoxy) is 1. The van der Waals surface area contributed by atoms with Crippen molar-refractivity contribution in [3.63, 3.8) is 0 Å². The number of carbonyl (C=O) groups excluding carboxylic acids is 1. The number of carbonyl (C=O) groups is 1. The van der Waals surface area contributed by atoms with Crippen molar-refractivity contribution in [2.24, 2.45) is 0 Å². The quantitative estimate of drug-likeness (QED) is 0.874. The lowest BCUT2D eigenvalue weighted by molar-refractivity contribution is 0.252. The number of anilines is 1. The number of hydrogen-bond donors (Lipinski definition) is 2. The second-order valence-electron chi connectivity index (χ2n) is 4.89. The minimum atomic E-state index is -0.237. The van der Waals surface area contributed by atoms with Crippen LogP contribution in [0.1, 0.15) is 11.1 Å². The number of urea groups is 1. The smallest absolute Gasteiger partial charge is 0.319 e. The summed E-state index contributed by atoms with van der Waals surface area (Å²) in [4.78, 5) is 11.9. The van der Waals surface area contributed by atoms with Gasteiger partial charge in [0.1, 0.15) is 5.75 Å². The highest BCUT2D eigenvalue weighted by Crippen LogP contribution is 2.22. The number of nitrogens with one attached hydrogen (secondary N) is 2. The summed E-state index contributed by atoms with van der Waals surface area (Å²) in [6.45, 7) is 2.42. The van der Waals surface area contributed by atoms with E-state index in [1.807, 2.05) is 43.3 Å². The molecule has 2 N–H and O–H groups in total. The van der Waals surface area contributed by atoms with Crippen LogP contribution in [0.25, 0.3) is 0 Å². The Morgan fingerprint density at radius 3 is 2.59 bits per heavy atom. The van der Waals surface area contributed by atoms with Crippen molar-refractivity contribution in [2.75, 3.05) is 19.0 Å². The molecule has 5 heteroatoms. The fourth-order valence-electron chi connectivity index (χ4n) is 2.02. The normalized spacial score (nSPS) is 10.1. The van der Waals surface area contributed by atoms with Crippen molar-refractivity contribution in [3.05, 3.63) is 58.6 Å². The summed E-state index contributed by atoms with van der Waals surface area (Å²) in [5, 5.41) is 6.27. The highest BCUT2D eigenvalue weighted by molar-refractivity contribution is 6.31. The number of hydrogen-bond acceptors (Lipinski definition) is 2. The zero-order valence-corrected chi connectivity index (χ0v) is 13.4. The Hall–Kier alpha value is -2.20. The number of amides is 2. The van der Waals surface area contributed by atoms with Gasteiger partial charge in [-0.3, -0.25) is 0 Å². The number of benzene rings is 2. The molecule has 4 nitrogen and oxygen atoms in total. The Labute approximate surface area is 135 Å². The molecule has 2 amide bonds. The molecule has 2 aromatic rings. The first kappa shape index (κ1) is 16.2. The van der Waals surface area contributed by atoms with Crippen LogP contribution in [0.15, 0.2) is 42.5 Å². The summed E-state index contributed by atoms with van der Waals surface area (Å²) in [6.07, 6.45) is 0.756. The molecule has 22 heavy (non-hydrogen) atoms. The summed E-state index contributed by atoms with van der Waals surface area (Å²) in [5.74, 6) is 0.825. The maximum atomic E-state index is 11.9. The van der Waals surface area contributed by atoms with Gasteiger partial charge in [-0.1, -0.05) is 29.8 Å². The third-order valence-corrected chi connectivity index (χ3v) is 3.78. The zero-order chi connectivity index (χ0) is 15.9. The topological polar surface area (TPSA) is 50.4 Å². The summed E-state index contributed by atoms with van der Waals surface area (Å²) in [7, 11) is 1.64. The lowest BCUT2D eigenvalue weighted by Gasteiger charge is -2.11. The van der Waals surface area contributed by atoms with Crippen LogP contribution >= 0.6 is 11.6 Å². The molecule has 0 saturated carbocycles. The Morgan fingerprint density at radius 2 is 1.91 bits per heavy atom. The van der Waals surface area contributed by atoms with Crippen LogP contribution in [-0.2, 0) is 6.42 Å². The molecule has 0 aliphatic rings. The molecule has 2 aromatic carbocycles. The van der Waals surface area contributed by atoms with Gasteiger partial charge in [-0.25, -0.2) is 4.79 Å². The van der Waals surface area contributed by atoms with Crippen molar-refractivity contribution in [1.82, 2.24) is 5.32 Å². The van der Waals surface area contributed by atoms with E-state index in [1.54, 1.807) is 13.2 Å². The molecule has 0 spiro atoms. The van der Waals surface area contributed by atoms with Crippen molar-refractivity contribution in [3.8, 4) is 5.75 Å². The van der Waals surface area contributed by atoms with Crippen LogP contribution in [0.2, 0.25) is 5.02 Å². The molecule has 0 aliphatic heterocycles. The maximum absolute atomic E-state index is 11.9. The predicted octanol–water partition coefficient (Wildman–Crippen LogP) is 4.02. The average molecular weight is 319 g/mol. The van der Waals surface area contributed by atoms with Crippen LogP contribution < -0.4 is 15.4 Å². The van der Waals surface area contributed by atoms with E-state index >= 15 is 0 Å². The average Bonchev–Trinajstić information content (AvgIpc) is 2.52. The van der Waals surface area contributed by atoms with E-state index in [9.17, 15) is 4.79 Å². The lowest BCUT2D eigenvalue weighted by atomic mass is 10.1. The van der Waals surface area contributed by atoms with E-state index in [-0.39, 0.29) is 6.03 Å². The number of halogens is 1. The molecule has 0 aliphatic carbocycles. The Bertz CT molecular complexity index is 642. The second kappa shape index (κ2) is 7.71. The number of methoxy groups -OCH3 is 1. The molecule has 0 atom stereocenters. The van der Waals surface area contributed by atoms with E-state index in [1.165, 1.54) is 0 Å². The molecule has 116 valence electrons. The van der Waals surface area contributed by atoms with Gasteiger partial charge < -0.3 is 15.4 Å². The van der Waals surface area contributed by atoms with Crippen molar-refractivity contribution in [1.29, 1.82) is 0 Å². The minimum Gasteiger partial charge on any atom is -0.497 e. The maximum Gasteiger partial charge on any atom is 0.319 e. The summed E-state index contributed by atoms with van der Waals surface area (Å²) in [6, 6.07) is 13.0. The van der Waals surface area contributed by atoms with Crippen molar-refractivity contribution >= 4 is 23.3 Å². The lowest BCUT2D eigenvalue weighted by Crippen LogP contribution is -2.30. The van der Waals surface area contributed by atoms with Gasteiger partial charge in [0.25, 0.3) is 0 Å². The second-order valence-corrected chi connectivity index (χ2v) is 5.30. The van der Waals surface area contributed by atoms with E-state index in [0.29, 0.717) is 11.6 Å². The highest BCUT2D eigenvalue weighted by atomic mass is 35.5. The number of rotatable bonds is 5. The molecular formula is C17H19ClN2O2. The summed E-state index contributed by atoms with van der Waals surface area (Å²) in [5.41, 5.74) is 2.71. The van der Waals surface area contributed by atoms with Crippen LogP contribution in [0, 0.1) is 6.92 Å². The van der Waals surface area contributed by atoms with Crippen molar-refractivity contribution in [2.45, 2.75) is 13.3 Å². The van der Waals surface area contributed by atoms with Crippen LogP contribution in [-0.4, -0.2) is 19.7 Å². The minimum absolute atomic E-state index is 0.237. The standard InChI is InChI=1S/C17H19ClN2O2/c1-12-15(18)4-3-5-16(12)20-17(21)19-11-10-13-6-8-14(22-2)9-7-13/h3-9H,10-11H2,1-2H3,(H2,19,20,21). The Balaban J connectivity index is 1.81. The largest absolute Gasteiger partial charge is 0.497 e. The highest BCUT2D eigenvalue weighted by Gasteiger charge is 2.06. The SMILES string of the molecule is COc1ccc(CCNC(=O)Nc2cccc(Cl)c2C)cc1. The van der Waals surface area contributed by atoms with E-state index < -0.39 is 0 Å². The molecule has 2 rings (SSSR count). The van der Waals surface area contributed by atoms with Gasteiger partial charge in [0.2, 0.25) is 0 Å². The third-order valence-electron chi connectivity index (χ3n) is 3.37. The summed E-state index contributed by atoms with van der Waals surface area (Å²) < 4.78 is 5.11. The van der Waals surface area contributed by atoms with Gasteiger partial charge in [0.15, 0.2) is 0 Å². The molecule has 0 bridgehead atoms. The van der Waals surface area contributed by atoms with Gasteiger partial charge in [0.05, 0.1) is 7.11 Å². The van der Waals surface area contributed by atoms with Gasteiger partial charge in [-0.05, 0) is 48.7 Å². The molecule has 0 fully saturated rings. The van der Waals surface area contributed by atoms with Crippen LogP contribution in [0.4, 0.5) is 10.5 Å². The van der Waals surface area contributed by atoms with Crippen LogP contribution in [0.3, 0.4) is 0 Å². The first-order chi connectivity index (χ1) is 10.6. The summed E-state index contributed by atoms with van der Waals surface area (Å²) >= 11 is 6.02. The molecule has 0 saturated heterocycles.